The lowest BCUT2D eigenvalue weighted by molar-refractivity contribution is -0.533. The zero-order valence-corrected chi connectivity index (χ0v) is 8.45. The molecule has 2 rings (SSSR count). The molecule has 0 saturated heterocycles. The fraction of sp³-hybridized carbons (Fsp3) is 0.900. The van der Waals surface area contributed by atoms with E-state index in [4.69, 9.17) is 0 Å². The average molecular weight is 188 g/mol. The summed E-state index contributed by atoms with van der Waals surface area (Å²) in [5.41, 5.74) is 1.77. The summed E-state index contributed by atoms with van der Waals surface area (Å²) in [7, 11) is 0. The standard InChI is InChI=1S/C10H18N.ClH/c1-2-6-10-7-3-5-9-11(10)8-4-1;/h1-9H2;1H/q+1;/p-1. The first-order valence-corrected chi connectivity index (χ1v) is 5.06. The van der Waals surface area contributed by atoms with Gasteiger partial charge in [0.25, 0.3) is 0 Å². The van der Waals surface area contributed by atoms with Crippen molar-refractivity contribution in [2.45, 2.75) is 44.9 Å². The van der Waals surface area contributed by atoms with Gasteiger partial charge in [-0.1, -0.05) is 0 Å². The van der Waals surface area contributed by atoms with Crippen molar-refractivity contribution >= 4 is 5.71 Å². The van der Waals surface area contributed by atoms with Gasteiger partial charge in [0.1, 0.15) is 13.1 Å². The van der Waals surface area contributed by atoms with Gasteiger partial charge in [0.15, 0.2) is 5.71 Å². The quantitative estimate of drug-likeness (QED) is 0.437. The van der Waals surface area contributed by atoms with Crippen molar-refractivity contribution in [3.8, 4) is 0 Å². The molecule has 2 aliphatic heterocycles. The van der Waals surface area contributed by atoms with Crippen LogP contribution in [0, 0.1) is 0 Å². The molecule has 0 saturated carbocycles. The Hall–Kier alpha value is -0.0400. The van der Waals surface area contributed by atoms with Crippen LogP contribution in [0.15, 0.2) is 0 Å². The van der Waals surface area contributed by atoms with Gasteiger partial charge < -0.3 is 12.4 Å². The van der Waals surface area contributed by atoms with E-state index in [9.17, 15) is 0 Å². The summed E-state index contributed by atoms with van der Waals surface area (Å²) in [6, 6.07) is 0. The lowest BCUT2D eigenvalue weighted by atomic mass is 10.0. The number of hydrogen-bond donors (Lipinski definition) is 0. The minimum absolute atomic E-state index is 0. The molecular weight excluding hydrogens is 170 g/mol. The fourth-order valence-corrected chi connectivity index (χ4v) is 2.31. The van der Waals surface area contributed by atoms with E-state index in [1.165, 1.54) is 58.0 Å². The summed E-state index contributed by atoms with van der Waals surface area (Å²) in [6.45, 7) is 2.71. The molecule has 2 heteroatoms. The highest BCUT2D eigenvalue weighted by atomic mass is 35.5. The molecular formula is C10H18ClN. The Morgan fingerprint density at radius 3 is 2.08 bits per heavy atom. The van der Waals surface area contributed by atoms with E-state index in [1.807, 2.05) is 0 Å². The van der Waals surface area contributed by atoms with Gasteiger partial charge in [0, 0.05) is 25.7 Å². The second kappa shape index (κ2) is 4.86. The van der Waals surface area contributed by atoms with Crippen molar-refractivity contribution in [1.82, 2.24) is 0 Å². The molecule has 0 aromatic heterocycles. The second-order valence-corrected chi connectivity index (χ2v) is 3.82. The van der Waals surface area contributed by atoms with Crippen LogP contribution in [0.25, 0.3) is 0 Å². The Bertz CT molecular complexity index is 157. The van der Waals surface area contributed by atoms with Crippen LogP contribution in [-0.2, 0) is 0 Å². The van der Waals surface area contributed by atoms with Crippen molar-refractivity contribution < 1.29 is 17.0 Å². The summed E-state index contributed by atoms with van der Waals surface area (Å²) in [5, 5.41) is 0. The van der Waals surface area contributed by atoms with Gasteiger partial charge in [-0.25, -0.2) is 4.58 Å². The third kappa shape index (κ3) is 2.22. The molecule has 2 aliphatic rings. The number of rotatable bonds is 0. The van der Waals surface area contributed by atoms with Gasteiger partial charge >= 0.3 is 0 Å². The molecule has 0 unspecified atom stereocenters. The SMILES string of the molecule is C1CCC2=[N+](CC1)CCCC2.[Cl-]. The van der Waals surface area contributed by atoms with Crippen LogP contribution in [0.2, 0.25) is 0 Å². The molecule has 0 amide bonds. The highest BCUT2D eigenvalue weighted by molar-refractivity contribution is 5.80. The number of nitrogens with zero attached hydrogens (tertiary/aromatic N) is 1. The predicted octanol–water partition coefficient (Wildman–Crippen LogP) is -0.798. The van der Waals surface area contributed by atoms with E-state index in [2.05, 4.69) is 4.58 Å². The highest BCUT2D eigenvalue weighted by Gasteiger charge is 2.20. The first-order chi connectivity index (χ1) is 5.47. The summed E-state index contributed by atoms with van der Waals surface area (Å²) >= 11 is 0. The van der Waals surface area contributed by atoms with Gasteiger partial charge in [-0.15, -0.1) is 0 Å². The van der Waals surface area contributed by atoms with Gasteiger partial charge in [-0.05, 0) is 19.3 Å². The minimum atomic E-state index is 0. The van der Waals surface area contributed by atoms with Crippen LogP contribution in [0.4, 0.5) is 0 Å². The van der Waals surface area contributed by atoms with E-state index >= 15 is 0 Å². The van der Waals surface area contributed by atoms with Crippen LogP contribution in [0.1, 0.15) is 44.9 Å². The monoisotopic (exact) mass is 187 g/mol. The van der Waals surface area contributed by atoms with E-state index in [0.717, 1.165) is 0 Å². The number of hydrogen-bond acceptors (Lipinski definition) is 0. The summed E-state index contributed by atoms with van der Waals surface area (Å²) in [6.07, 6.45) is 10.0. The van der Waals surface area contributed by atoms with Crippen LogP contribution in [0.3, 0.4) is 0 Å². The molecule has 0 bridgehead atoms. The Morgan fingerprint density at radius 1 is 0.750 bits per heavy atom. The second-order valence-electron chi connectivity index (χ2n) is 3.82. The lowest BCUT2D eigenvalue weighted by Gasteiger charge is -2.12. The Kier molecular flexibility index (Phi) is 4.07. The molecule has 70 valence electrons. The molecule has 1 nitrogen and oxygen atoms in total. The fourth-order valence-electron chi connectivity index (χ4n) is 2.31. The maximum atomic E-state index is 2.65. The first kappa shape index (κ1) is 10.0. The molecule has 0 atom stereocenters. The molecule has 0 spiro atoms. The van der Waals surface area contributed by atoms with Crippen LogP contribution in [-0.4, -0.2) is 23.4 Å². The molecule has 0 radical (unpaired) electrons. The van der Waals surface area contributed by atoms with E-state index in [-0.39, 0.29) is 12.4 Å². The maximum absolute atomic E-state index is 2.65. The maximum Gasteiger partial charge on any atom is 0.152 e. The Labute approximate surface area is 81.3 Å². The van der Waals surface area contributed by atoms with E-state index in [1.54, 1.807) is 5.71 Å². The average Bonchev–Trinajstić information content (AvgIpc) is 2.28. The lowest BCUT2D eigenvalue weighted by Crippen LogP contribution is -3.00. The molecule has 12 heavy (non-hydrogen) atoms. The van der Waals surface area contributed by atoms with Gasteiger partial charge in [0.2, 0.25) is 0 Å². The zero-order chi connectivity index (χ0) is 7.52. The first-order valence-electron chi connectivity index (χ1n) is 5.06. The molecule has 0 aromatic carbocycles. The molecule has 2 heterocycles. The van der Waals surface area contributed by atoms with Crippen molar-refractivity contribution in [3.05, 3.63) is 0 Å². The molecule has 0 aliphatic carbocycles. The molecule has 0 fully saturated rings. The summed E-state index contributed by atoms with van der Waals surface area (Å²) in [5.74, 6) is 0. The highest BCUT2D eigenvalue weighted by Crippen LogP contribution is 2.15. The van der Waals surface area contributed by atoms with Crippen molar-refractivity contribution in [2.75, 3.05) is 13.1 Å². The van der Waals surface area contributed by atoms with Gasteiger partial charge in [-0.3, -0.25) is 0 Å². The molecule has 0 N–H and O–H groups in total. The normalized spacial score (nSPS) is 24.0. The number of halogens is 1. The van der Waals surface area contributed by atoms with Crippen LogP contribution >= 0.6 is 0 Å². The third-order valence-corrected chi connectivity index (χ3v) is 2.98. The minimum Gasteiger partial charge on any atom is -1.00 e. The Morgan fingerprint density at radius 2 is 1.33 bits per heavy atom. The molecule has 0 aromatic rings. The Balaban J connectivity index is 0.000000720. The van der Waals surface area contributed by atoms with E-state index < -0.39 is 0 Å². The van der Waals surface area contributed by atoms with Crippen LogP contribution < -0.4 is 12.4 Å². The topological polar surface area (TPSA) is 3.01 Å². The zero-order valence-electron chi connectivity index (χ0n) is 7.69. The predicted molar refractivity (Wildman–Crippen MR) is 47.3 cm³/mol. The van der Waals surface area contributed by atoms with Gasteiger partial charge in [0.05, 0.1) is 0 Å². The third-order valence-electron chi connectivity index (χ3n) is 2.98. The van der Waals surface area contributed by atoms with Crippen molar-refractivity contribution in [1.29, 1.82) is 0 Å². The van der Waals surface area contributed by atoms with Crippen molar-refractivity contribution in [2.24, 2.45) is 0 Å². The summed E-state index contributed by atoms with van der Waals surface area (Å²) in [4.78, 5) is 0. The van der Waals surface area contributed by atoms with Crippen molar-refractivity contribution in [3.63, 3.8) is 0 Å². The smallest absolute Gasteiger partial charge is 0.152 e. The largest absolute Gasteiger partial charge is 1.00 e. The summed E-state index contributed by atoms with van der Waals surface area (Å²) < 4.78 is 2.65. The van der Waals surface area contributed by atoms with Gasteiger partial charge in [-0.2, -0.15) is 0 Å². The van der Waals surface area contributed by atoms with Crippen LogP contribution in [0.5, 0.6) is 0 Å². The van der Waals surface area contributed by atoms with E-state index in [0.29, 0.717) is 0 Å².